The molecule has 4 rings (SSSR count). The van der Waals surface area contributed by atoms with Crippen molar-refractivity contribution < 1.29 is 27.4 Å². The van der Waals surface area contributed by atoms with Crippen LogP contribution in [-0.4, -0.2) is 30.3 Å². The van der Waals surface area contributed by atoms with Crippen LogP contribution in [0.3, 0.4) is 0 Å². The van der Waals surface area contributed by atoms with E-state index < -0.39 is 6.36 Å². The highest BCUT2D eigenvalue weighted by Crippen LogP contribution is 2.34. The Morgan fingerprint density at radius 1 is 1.07 bits per heavy atom. The molecule has 1 heterocycles. The van der Waals surface area contributed by atoms with Gasteiger partial charge in [-0.15, -0.1) is 13.2 Å². The van der Waals surface area contributed by atoms with Crippen LogP contribution < -0.4 is 9.47 Å². The molecule has 0 atom stereocenters. The van der Waals surface area contributed by atoms with E-state index in [1.807, 2.05) is 23.1 Å². The summed E-state index contributed by atoms with van der Waals surface area (Å²) in [5.41, 5.74) is 2.50. The molecule has 2 aromatic carbocycles. The second kappa shape index (κ2) is 6.79. The van der Waals surface area contributed by atoms with Gasteiger partial charge in [-0.1, -0.05) is 18.2 Å². The molecule has 1 aliphatic carbocycles. The Kier molecular flexibility index (Phi) is 4.45. The first-order valence-electron chi connectivity index (χ1n) is 8.80. The van der Waals surface area contributed by atoms with E-state index in [1.54, 1.807) is 12.1 Å². The van der Waals surface area contributed by atoms with E-state index in [-0.39, 0.29) is 17.6 Å². The third kappa shape index (κ3) is 4.18. The summed E-state index contributed by atoms with van der Waals surface area (Å²) >= 11 is 0. The Balaban J connectivity index is 1.56. The van der Waals surface area contributed by atoms with E-state index in [1.165, 1.54) is 12.1 Å². The molecule has 0 N–H and O–H groups in total. The molecule has 1 aliphatic heterocycles. The minimum absolute atomic E-state index is 0.149. The maximum Gasteiger partial charge on any atom is 0.573 e. The molecule has 2 aromatic rings. The van der Waals surface area contributed by atoms with Crippen LogP contribution in [-0.2, 0) is 11.3 Å². The van der Waals surface area contributed by atoms with E-state index >= 15 is 0 Å². The number of nitrogens with zero attached hydrogens (tertiary/aromatic N) is 1. The molecule has 0 spiro atoms. The van der Waals surface area contributed by atoms with Gasteiger partial charge in [0.25, 0.3) is 0 Å². The van der Waals surface area contributed by atoms with Crippen molar-refractivity contribution in [2.24, 2.45) is 5.92 Å². The molecule has 2 aliphatic rings. The molecule has 1 fully saturated rings. The van der Waals surface area contributed by atoms with E-state index in [2.05, 4.69) is 4.74 Å². The standard InChI is InChI=1S/C20H18F3NO3/c21-20(22,23)27-17-6-3-13(4-7-17)15-5-8-18-16(11-15)12-24(9-10-26-18)19(25)14-1-2-14/h3-8,11,14H,1-2,9-10,12H2. The minimum Gasteiger partial charge on any atom is -0.491 e. The number of carbonyl (C=O) groups is 1. The lowest BCUT2D eigenvalue weighted by molar-refractivity contribution is -0.274. The van der Waals surface area contributed by atoms with Gasteiger partial charge in [-0.05, 0) is 48.2 Å². The molecule has 0 aromatic heterocycles. The number of rotatable bonds is 3. The number of halogens is 3. The minimum atomic E-state index is -4.71. The normalized spacial score (nSPS) is 16.9. The molecule has 1 amide bonds. The van der Waals surface area contributed by atoms with Crippen LogP contribution in [0, 0.1) is 5.92 Å². The van der Waals surface area contributed by atoms with Crippen molar-refractivity contribution >= 4 is 5.91 Å². The van der Waals surface area contributed by atoms with Crippen molar-refractivity contribution in [2.45, 2.75) is 25.7 Å². The van der Waals surface area contributed by atoms with Crippen LogP contribution in [0.25, 0.3) is 11.1 Å². The Labute approximate surface area is 154 Å². The van der Waals surface area contributed by atoms with Gasteiger partial charge in [0.1, 0.15) is 18.1 Å². The predicted octanol–water partition coefficient (Wildman–Crippen LogP) is 4.38. The third-order valence-electron chi connectivity index (χ3n) is 4.70. The quantitative estimate of drug-likeness (QED) is 0.797. The van der Waals surface area contributed by atoms with Crippen LogP contribution >= 0.6 is 0 Å². The monoisotopic (exact) mass is 377 g/mol. The van der Waals surface area contributed by atoms with Crippen LogP contribution in [0.15, 0.2) is 42.5 Å². The highest BCUT2D eigenvalue weighted by Gasteiger charge is 2.34. The summed E-state index contributed by atoms with van der Waals surface area (Å²) in [5.74, 6) is 0.800. The molecule has 142 valence electrons. The number of hydrogen-bond donors (Lipinski definition) is 0. The zero-order valence-electron chi connectivity index (χ0n) is 14.5. The predicted molar refractivity (Wildman–Crippen MR) is 92.2 cm³/mol. The second-order valence-electron chi connectivity index (χ2n) is 6.78. The van der Waals surface area contributed by atoms with Gasteiger partial charge in [0, 0.05) is 18.0 Å². The molecule has 27 heavy (non-hydrogen) atoms. The summed E-state index contributed by atoms with van der Waals surface area (Å²) in [7, 11) is 0. The van der Waals surface area contributed by atoms with Crippen LogP contribution in [0.5, 0.6) is 11.5 Å². The van der Waals surface area contributed by atoms with Crippen molar-refractivity contribution in [1.29, 1.82) is 0 Å². The molecule has 1 saturated carbocycles. The fourth-order valence-electron chi connectivity index (χ4n) is 3.20. The number of ether oxygens (including phenoxy) is 2. The fourth-order valence-corrected chi connectivity index (χ4v) is 3.20. The number of alkyl halides is 3. The Morgan fingerprint density at radius 2 is 1.78 bits per heavy atom. The van der Waals surface area contributed by atoms with Crippen molar-refractivity contribution in [1.82, 2.24) is 4.90 Å². The molecule has 0 bridgehead atoms. The van der Waals surface area contributed by atoms with Gasteiger partial charge in [0.15, 0.2) is 0 Å². The first kappa shape index (κ1) is 17.7. The van der Waals surface area contributed by atoms with E-state index in [4.69, 9.17) is 4.74 Å². The van der Waals surface area contributed by atoms with Gasteiger partial charge in [-0.2, -0.15) is 0 Å². The molecular formula is C20H18F3NO3. The summed E-state index contributed by atoms with van der Waals surface area (Å²) in [6.45, 7) is 1.49. The average molecular weight is 377 g/mol. The molecule has 0 radical (unpaired) electrons. The van der Waals surface area contributed by atoms with Crippen molar-refractivity contribution in [3.05, 3.63) is 48.0 Å². The molecule has 7 heteroatoms. The summed E-state index contributed by atoms with van der Waals surface area (Å²) in [6.07, 6.45) is -2.80. The van der Waals surface area contributed by atoms with Crippen molar-refractivity contribution in [3.63, 3.8) is 0 Å². The largest absolute Gasteiger partial charge is 0.573 e. The summed E-state index contributed by atoms with van der Waals surface area (Å²) in [4.78, 5) is 14.2. The average Bonchev–Trinajstić information content (AvgIpc) is 3.46. The first-order valence-corrected chi connectivity index (χ1v) is 8.80. The van der Waals surface area contributed by atoms with E-state index in [9.17, 15) is 18.0 Å². The van der Waals surface area contributed by atoms with Gasteiger partial charge in [-0.25, -0.2) is 0 Å². The van der Waals surface area contributed by atoms with Crippen molar-refractivity contribution in [3.8, 4) is 22.6 Å². The molecular weight excluding hydrogens is 359 g/mol. The van der Waals surface area contributed by atoms with Crippen molar-refractivity contribution in [2.75, 3.05) is 13.2 Å². The summed E-state index contributed by atoms with van der Waals surface area (Å²) in [6, 6.07) is 11.4. The summed E-state index contributed by atoms with van der Waals surface area (Å²) < 4.78 is 46.5. The zero-order chi connectivity index (χ0) is 19.0. The lowest BCUT2D eigenvalue weighted by Gasteiger charge is -2.19. The van der Waals surface area contributed by atoms with Gasteiger partial charge in [0.2, 0.25) is 5.91 Å². The van der Waals surface area contributed by atoms with E-state index in [0.29, 0.717) is 19.7 Å². The number of hydrogen-bond acceptors (Lipinski definition) is 3. The number of benzene rings is 2. The highest BCUT2D eigenvalue weighted by atomic mass is 19.4. The maximum absolute atomic E-state index is 12.4. The number of amides is 1. The Bertz CT molecular complexity index is 845. The SMILES string of the molecule is O=C(C1CC1)N1CCOc2ccc(-c3ccc(OC(F)(F)F)cc3)cc2C1. The maximum atomic E-state index is 12.4. The molecule has 0 unspecified atom stereocenters. The Hall–Kier alpha value is -2.70. The second-order valence-corrected chi connectivity index (χ2v) is 6.78. The topological polar surface area (TPSA) is 38.8 Å². The lowest BCUT2D eigenvalue weighted by atomic mass is 10.0. The number of fused-ring (bicyclic) bond motifs is 1. The highest BCUT2D eigenvalue weighted by molar-refractivity contribution is 5.81. The lowest BCUT2D eigenvalue weighted by Crippen LogP contribution is -2.33. The van der Waals surface area contributed by atoms with Gasteiger partial charge in [0.05, 0.1) is 6.54 Å². The first-order chi connectivity index (χ1) is 12.9. The van der Waals surface area contributed by atoms with Gasteiger partial charge in [-0.3, -0.25) is 4.79 Å². The van der Waals surface area contributed by atoms with Crippen LogP contribution in [0.1, 0.15) is 18.4 Å². The van der Waals surface area contributed by atoms with Crippen LogP contribution in [0.2, 0.25) is 0 Å². The third-order valence-corrected chi connectivity index (χ3v) is 4.70. The number of carbonyl (C=O) groups excluding carboxylic acids is 1. The zero-order valence-corrected chi connectivity index (χ0v) is 14.5. The van der Waals surface area contributed by atoms with Gasteiger partial charge >= 0.3 is 6.36 Å². The fraction of sp³-hybridized carbons (Fsp3) is 0.350. The summed E-state index contributed by atoms with van der Waals surface area (Å²) in [5, 5.41) is 0. The molecule has 0 saturated heterocycles. The van der Waals surface area contributed by atoms with Crippen LogP contribution in [0.4, 0.5) is 13.2 Å². The smallest absolute Gasteiger partial charge is 0.491 e. The van der Waals surface area contributed by atoms with E-state index in [0.717, 1.165) is 35.3 Å². The van der Waals surface area contributed by atoms with Gasteiger partial charge < -0.3 is 14.4 Å². The molecule has 4 nitrogen and oxygen atoms in total. The Morgan fingerprint density at radius 3 is 2.44 bits per heavy atom.